The van der Waals surface area contributed by atoms with Gasteiger partial charge < -0.3 is 22.5 Å². The lowest BCUT2D eigenvalue weighted by Crippen LogP contribution is -2.26. The SMILES string of the molecule is NC(N)=NC(N)=Nc1ccccc1C(=O)Nc1cccc(C(F)(F)F)c1. The number of nitrogens with two attached hydrogens (primary N) is 3. The molecule has 7 N–H and O–H groups in total. The van der Waals surface area contributed by atoms with E-state index in [-0.39, 0.29) is 28.9 Å². The highest BCUT2D eigenvalue weighted by Gasteiger charge is 2.30. The second-order valence-corrected chi connectivity index (χ2v) is 5.06. The fourth-order valence-corrected chi connectivity index (χ4v) is 2.02. The van der Waals surface area contributed by atoms with Crippen LogP contribution in [0.25, 0.3) is 0 Å². The van der Waals surface area contributed by atoms with Gasteiger partial charge in [0.1, 0.15) is 0 Å². The first kappa shape index (κ1) is 18.8. The Morgan fingerprint density at radius 1 is 1.00 bits per heavy atom. The molecule has 136 valence electrons. The van der Waals surface area contributed by atoms with E-state index in [2.05, 4.69) is 15.3 Å². The molecule has 10 heteroatoms. The van der Waals surface area contributed by atoms with Crippen LogP contribution in [0.2, 0.25) is 0 Å². The third-order valence-corrected chi connectivity index (χ3v) is 3.08. The Hall–Kier alpha value is -3.56. The number of nitrogens with zero attached hydrogens (tertiary/aromatic N) is 2. The molecule has 0 saturated carbocycles. The standard InChI is InChI=1S/C16H15F3N6O/c17-16(18,19)9-4-3-5-10(8-9)23-13(26)11-6-1-2-7-12(11)24-15(22)25-14(20)21/h1-8H,(H,23,26)(H6,20,21,22,24,25). The largest absolute Gasteiger partial charge is 0.416 e. The predicted molar refractivity (Wildman–Crippen MR) is 92.9 cm³/mol. The summed E-state index contributed by atoms with van der Waals surface area (Å²) in [6, 6.07) is 10.4. The third kappa shape index (κ3) is 4.97. The molecule has 0 aliphatic heterocycles. The summed E-state index contributed by atoms with van der Waals surface area (Å²) >= 11 is 0. The highest BCUT2D eigenvalue weighted by molar-refractivity contribution is 6.08. The molecule has 0 bridgehead atoms. The molecule has 0 unspecified atom stereocenters. The summed E-state index contributed by atoms with van der Waals surface area (Å²) in [6.07, 6.45) is -4.52. The number of rotatable bonds is 3. The van der Waals surface area contributed by atoms with Crippen molar-refractivity contribution in [3.8, 4) is 0 Å². The fraction of sp³-hybridized carbons (Fsp3) is 0.0625. The molecule has 0 atom stereocenters. The topological polar surface area (TPSA) is 132 Å². The van der Waals surface area contributed by atoms with Gasteiger partial charge in [-0.3, -0.25) is 4.79 Å². The number of guanidine groups is 2. The van der Waals surface area contributed by atoms with Gasteiger partial charge in [-0.1, -0.05) is 18.2 Å². The van der Waals surface area contributed by atoms with Crippen molar-refractivity contribution in [1.29, 1.82) is 0 Å². The normalized spacial score (nSPS) is 11.7. The van der Waals surface area contributed by atoms with Gasteiger partial charge in [-0.2, -0.15) is 18.2 Å². The molecule has 2 aromatic rings. The van der Waals surface area contributed by atoms with Gasteiger partial charge >= 0.3 is 6.18 Å². The molecule has 0 aromatic heterocycles. The van der Waals surface area contributed by atoms with Crippen molar-refractivity contribution in [3.63, 3.8) is 0 Å². The second-order valence-electron chi connectivity index (χ2n) is 5.06. The number of alkyl halides is 3. The zero-order chi connectivity index (χ0) is 19.3. The molecule has 2 aromatic carbocycles. The Kier molecular flexibility index (Phi) is 5.45. The van der Waals surface area contributed by atoms with E-state index in [1.165, 1.54) is 24.3 Å². The molecule has 0 aliphatic carbocycles. The molecule has 0 fully saturated rings. The van der Waals surface area contributed by atoms with Gasteiger partial charge in [0.25, 0.3) is 5.91 Å². The maximum absolute atomic E-state index is 12.8. The van der Waals surface area contributed by atoms with Gasteiger partial charge in [-0.15, -0.1) is 0 Å². The maximum Gasteiger partial charge on any atom is 0.416 e. The maximum atomic E-state index is 12.8. The number of aliphatic imine (C=N–C) groups is 2. The fourth-order valence-electron chi connectivity index (χ4n) is 2.02. The lowest BCUT2D eigenvalue weighted by Gasteiger charge is -2.11. The molecule has 0 radical (unpaired) electrons. The van der Waals surface area contributed by atoms with Gasteiger partial charge in [0.05, 0.1) is 16.8 Å². The molecular weight excluding hydrogens is 349 g/mol. The summed E-state index contributed by atoms with van der Waals surface area (Å²) in [7, 11) is 0. The van der Waals surface area contributed by atoms with E-state index < -0.39 is 17.6 Å². The van der Waals surface area contributed by atoms with Crippen molar-refractivity contribution in [2.24, 2.45) is 27.2 Å². The van der Waals surface area contributed by atoms with E-state index in [0.717, 1.165) is 12.1 Å². The molecule has 0 saturated heterocycles. The van der Waals surface area contributed by atoms with Crippen LogP contribution >= 0.6 is 0 Å². The number of nitrogens with one attached hydrogen (secondary N) is 1. The van der Waals surface area contributed by atoms with Crippen molar-refractivity contribution in [2.45, 2.75) is 6.18 Å². The minimum Gasteiger partial charge on any atom is -0.370 e. The zero-order valence-corrected chi connectivity index (χ0v) is 13.3. The first-order chi connectivity index (χ1) is 12.2. The summed E-state index contributed by atoms with van der Waals surface area (Å²) in [5.74, 6) is -1.25. The van der Waals surface area contributed by atoms with Gasteiger partial charge in [-0.05, 0) is 30.3 Å². The summed E-state index contributed by atoms with van der Waals surface area (Å²) in [5, 5.41) is 2.39. The average molecular weight is 364 g/mol. The van der Waals surface area contributed by atoms with E-state index in [1.54, 1.807) is 12.1 Å². The van der Waals surface area contributed by atoms with Gasteiger partial charge in [-0.25, -0.2) is 4.99 Å². The second kappa shape index (κ2) is 7.55. The number of anilines is 1. The van der Waals surface area contributed by atoms with Crippen LogP contribution in [0.1, 0.15) is 15.9 Å². The zero-order valence-electron chi connectivity index (χ0n) is 13.3. The van der Waals surface area contributed by atoms with Crippen LogP contribution in [0, 0.1) is 0 Å². The number of hydrogen-bond acceptors (Lipinski definition) is 2. The molecular formula is C16H15F3N6O. The minimum atomic E-state index is -4.52. The van der Waals surface area contributed by atoms with Crippen molar-refractivity contribution in [3.05, 3.63) is 59.7 Å². The van der Waals surface area contributed by atoms with E-state index in [1.807, 2.05) is 0 Å². The number of hydrogen-bond donors (Lipinski definition) is 4. The first-order valence-corrected chi connectivity index (χ1v) is 7.18. The molecule has 0 spiro atoms. The van der Waals surface area contributed by atoms with Crippen LogP contribution < -0.4 is 22.5 Å². The lowest BCUT2D eigenvalue weighted by molar-refractivity contribution is -0.137. The number of halogens is 3. The van der Waals surface area contributed by atoms with Crippen LogP contribution in [0.15, 0.2) is 58.5 Å². The summed E-state index contributed by atoms with van der Waals surface area (Å²) in [5.41, 5.74) is 15.3. The van der Waals surface area contributed by atoms with Gasteiger partial charge in [0.2, 0.25) is 5.96 Å². The number of amides is 1. The van der Waals surface area contributed by atoms with Gasteiger partial charge in [0, 0.05) is 5.69 Å². The Morgan fingerprint density at radius 3 is 2.35 bits per heavy atom. The van der Waals surface area contributed by atoms with Crippen LogP contribution in [-0.2, 0) is 6.18 Å². The summed E-state index contributed by atoms with van der Waals surface area (Å²) < 4.78 is 38.3. The number of carbonyl (C=O) groups is 1. The number of para-hydroxylation sites is 1. The Labute approximate surface area is 146 Å². The van der Waals surface area contributed by atoms with Crippen molar-refractivity contribution >= 4 is 29.2 Å². The van der Waals surface area contributed by atoms with E-state index in [9.17, 15) is 18.0 Å². The van der Waals surface area contributed by atoms with Gasteiger partial charge in [0.15, 0.2) is 5.96 Å². The van der Waals surface area contributed by atoms with Crippen LogP contribution in [-0.4, -0.2) is 17.8 Å². The number of carbonyl (C=O) groups excluding carboxylic acids is 1. The van der Waals surface area contributed by atoms with Crippen molar-refractivity contribution < 1.29 is 18.0 Å². The number of benzene rings is 2. The van der Waals surface area contributed by atoms with E-state index in [0.29, 0.717) is 0 Å². The monoisotopic (exact) mass is 364 g/mol. The molecule has 1 amide bonds. The molecule has 26 heavy (non-hydrogen) atoms. The first-order valence-electron chi connectivity index (χ1n) is 7.18. The Balaban J connectivity index is 2.30. The predicted octanol–water partition coefficient (Wildman–Crippen LogP) is 2.18. The molecule has 7 nitrogen and oxygen atoms in total. The molecule has 0 heterocycles. The van der Waals surface area contributed by atoms with Crippen LogP contribution in [0.4, 0.5) is 24.5 Å². The summed E-state index contributed by atoms with van der Waals surface area (Å²) in [6.45, 7) is 0. The third-order valence-electron chi connectivity index (χ3n) is 3.08. The smallest absolute Gasteiger partial charge is 0.370 e. The van der Waals surface area contributed by atoms with Crippen LogP contribution in [0.5, 0.6) is 0 Å². The highest BCUT2D eigenvalue weighted by Crippen LogP contribution is 2.31. The van der Waals surface area contributed by atoms with E-state index >= 15 is 0 Å². The summed E-state index contributed by atoms with van der Waals surface area (Å²) in [4.78, 5) is 19.9. The quantitative estimate of drug-likeness (QED) is 0.491. The average Bonchev–Trinajstić information content (AvgIpc) is 2.54. The van der Waals surface area contributed by atoms with E-state index in [4.69, 9.17) is 17.2 Å². The minimum absolute atomic E-state index is 0.0131. The molecule has 0 aliphatic rings. The molecule has 2 rings (SSSR count). The Morgan fingerprint density at radius 2 is 1.69 bits per heavy atom. The van der Waals surface area contributed by atoms with Crippen LogP contribution in [0.3, 0.4) is 0 Å². The highest BCUT2D eigenvalue weighted by atomic mass is 19.4. The van der Waals surface area contributed by atoms with Crippen molar-refractivity contribution in [2.75, 3.05) is 5.32 Å². The van der Waals surface area contributed by atoms with Crippen molar-refractivity contribution in [1.82, 2.24) is 0 Å². The Bertz CT molecular complexity index is 872. The lowest BCUT2D eigenvalue weighted by atomic mass is 10.1.